The standard InChI is InChI=1S/C11H21N3O2/c1-8(2)5-9(7-13(3)4)14-10(15)6-12-11(14)16/h8-9H,5-7H2,1-4H3,(H,12,16). The molecule has 0 aromatic carbocycles. The largest absolute Gasteiger partial charge is 0.329 e. The number of nitrogens with one attached hydrogen (secondary N) is 1. The summed E-state index contributed by atoms with van der Waals surface area (Å²) in [6, 6.07) is -0.275. The zero-order chi connectivity index (χ0) is 12.3. The highest BCUT2D eigenvalue weighted by Gasteiger charge is 2.35. The van der Waals surface area contributed by atoms with Gasteiger partial charge in [-0.3, -0.25) is 9.69 Å². The summed E-state index contributed by atoms with van der Waals surface area (Å²) in [5, 5.41) is 2.57. The zero-order valence-corrected chi connectivity index (χ0v) is 10.5. The maximum absolute atomic E-state index is 11.6. The molecule has 1 fully saturated rings. The summed E-state index contributed by atoms with van der Waals surface area (Å²) in [5.41, 5.74) is 0. The van der Waals surface area contributed by atoms with Crippen LogP contribution in [0.5, 0.6) is 0 Å². The van der Waals surface area contributed by atoms with E-state index in [1.165, 1.54) is 4.90 Å². The number of urea groups is 1. The first-order valence-electron chi connectivity index (χ1n) is 5.66. The van der Waals surface area contributed by atoms with Crippen LogP contribution >= 0.6 is 0 Å². The highest BCUT2D eigenvalue weighted by Crippen LogP contribution is 2.15. The first-order chi connectivity index (χ1) is 7.41. The molecule has 16 heavy (non-hydrogen) atoms. The lowest BCUT2D eigenvalue weighted by Crippen LogP contribution is -2.46. The Kier molecular flexibility index (Phi) is 4.29. The van der Waals surface area contributed by atoms with Gasteiger partial charge < -0.3 is 10.2 Å². The molecule has 1 saturated heterocycles. The highest BCUT2D eigenvalue weighted by molar-refractivity contribution is 6.02. The van der Waals surface area contributed by atoms with Gasteiger partial charge in [0.1, 0.15) is 0 Å². The summed E-state index contributed by atoms with van der Waals surface area (Å²) in [7, 11) is 3.90. The van der Waals surface area contributed by atoms with E-state index in [4.69, 9.17) is 0 Å². The SMILES string of the molecule is CC(C)CC(CN(C)C)N1C(=O)CNC1=O. The molecule has 5 heteroatoms. The Labute approximate surface area is 96.8 Å². The van der Waals surface area contributed by atoms with E-state index < -0.39 is 0 Å². The Morgan fingerprint density at radius 1 is 1.38 bits per heavy atom. The minimum Gasteiger partial charge on any atom is -0.329 e. The van der Waals surface area contributed by atoms with Crippen molar-refractivity contribution >= 4 is 11.9 Å². The lowest BCUT2D eigenvalue weighted by atomic mass is 10.0. The van der Waals surface area contributed by atoms with Crippen molar-refractivity contribution < 1.29 is 9.59 Å². The molecule has 0 aromatic rings. The Hall–Kier alpha value is -1.10. The van der Waals surface area contributed by atoms with Crippen molar-refractivity contribution in [3.63, 3.8) is 0 Å². The van der Waals surface area contributed by atoms with Gasteiger partial charge in [0.25, 0.3) is 0 Å². The molecule has 92 valence electrons. The van der Waals surface area contributed by atoms with Crippen LogP contribution in [0.1, 0.15) is 20.3 Å². The lowest BCUT2D eigenvalue weighted by Gasteiger charge is -2.29. The van der Waals surface area contributed by atoms with Crippen molar-refractivity contribution in [2.45, 2.75) is 26.3 Å². The normalized spacial score (nSPS) is 18.5. The van der Waals surface area contributed by atoms with Gasteiger partial charge in [0, 0.05) is 6.54 Å². The Bertz CT molecular complexity index is 250. The van der Waals surface area contributed by atoms with Gasteiger partial charge in [0.15, 0.2) is 0 Å². The van der Waals surface area contributed by atoms with Crippen molar-refractivity contribution in [1.82, 2.24) is 15.1 Å². The van der Waals surface area contributed by atoms with Gasteiger partial charge in [-0.2, -0.15) is 0 Å². The van der Waals surface area contributed by atoms with Crippen LogP contribution in [-0.4, -0.2) is 55.0 Å². The van der Waals surface area contributed by atoms with Crippen molar-refractivity contribution in [1.29, 1.82) is 0 Å². The molecule has 0 spiro atoms. The van der Waals surface area contributed by atoms with Crippen LogP contribution in [0.15, 0.2) is 0 Å². The third kappa shape index (κ3) is 3.20. The number of rotatable bonds is 5. The molecule has 0 radical (unpaired) electrons. The topological polar surface area (TPSA) is 52.6 Å². The lowest BCUT2D eigenvalue weighted by molar-refractivity contribution is -0.127. The first-order valence-corrected chi connectivity index (χ1v) is 5.66. The van der Waals surface area contributed by atoms with Crippen LogP contribution in [0.25, 0.3) is 0 Å². The van der Waals surface area contributed by atoms with Crippen LogP contribution < -0.4 is 5.32 Å². The second kappa shape index (κ2) is 5.30. The monoisotopic (exact) mass is 227 g/mol. The average molecular weight is 227 g/mol. The third-order valence-corrected chi connectivity index (χ3v) is 2.56. The number of carbonyl (C=O) groups excluding carboxylic acids is 2. The second-order valence-corrected chi connectivity index (χ2v) is 4.97. The van der Waals surface area contributed by atoms with E-state index in [9.17, 15) is 9.59 Å². The van der Waals surface area contributed by atoms with Crippen LogP contribution in [0.2, 0.25) is 0 Å². The fourth-order valence-corrected chi connectivity index (χ4v) is 2.03. The average Bonchev–Trinajstić information content (AvgIpc) is 2.43. The van der Waals surface area contributed by atoms with E-state index in [1.807, 2.05) is 19.0 Å². The molecule has 1 aliphatic rings. The molecule has 1 unspecified atom stereocenters. The second-order valence-electron chi connectivity index (χ2n) is 4.97. The quantitative estimate of drug-likeness (QED) is 0.696. The van der Waals surface area contributed by atoms with Gasteiger partial charge in [0.2, 0.25) is 5.91 Å². The molecule has 1 atom stereocenters. The van der Waals surface area contributed by atoms with Gasteiger partial charge in [0.05, 0.1) is 12.6 Å². The third-order valence-electron chi connectivity index (χ3n) is 2.56. The van der Waals surface area contributed by atoms with Crippen LogP contribution in [0.4, 0.5) is 4.79 Å². The summed E-state index contributed by atoms with van der Waals surface area (Å²) < 4.78 is 0. The number of likely N-dealkylation sites (N-methyl/N-ethyl adjacent to an activating group) is 1. The fraction of sp³-hybridized carbons (Fsp3) is 0.818. The summed E-state index contributed by atoms with van der Waals surface area (Å²) in [4.78, 5) is 26.6. The molecular weight excluding hydrogens is 206 g/mol. The van der Waals surface area contributed by atoms with Gasteiger partial charge in [-0.05, 0) is 26.4 Å². The van der Waals surface area contributed by atoms with E-state index in [0.717, 1.165) is 13.0 Å². The van der Waals surface area contributed by atoms with Gasteiger partial charge in [-0.25, -0.2) is 4.79 Å². The smallest absolute Gasteiger partial charge is 0.324 e. The zero-order valence-electron chi connectivity index (χ0n) is 10.5. The highest BCUT2D eigenvalue weighted by atomic mass is 16.2. The van der Waals surface area contributed by atoms with Gasteiger partial charge >= 0.3 is 6.03 Å². The number of nitrogens with zero attached hydrogens (tertiary/aromatic N) is 2. The molecular formula is C11H21N3O2. The molecule has 0 aromatic heterocycles. The number of imide groups is 1. The predicted octanol–water partition coefficient (Wildman–Crippen LogP) is 0.515. The fourth-order valence-electron chi connectivity index (χ4n) is 2.03. The molecule has 1 rings (SSSR count). The summed E-state index contributed by atoms with van der Waals surface area (Å²) in [6.45, 7) is 5.06. The van der Waals surface area contributed by atoms with Crippen molar-refractivity contribution in [3.05, 3.63) is 0 Å². The van der Waals surface area contributed by atoms with Crippen molar-refractivity contribution in [2.24, 2.45) is 5.92 Å². The minimum absolute atomic E-state index is 0.0231. The predicted molar refractivity (Wildman–Crippen MR) is 62.0 cm³/mol. The maximum atomic E-state index is 11.6. The van der Waals surface area contributed by atoms with Crippen molar-refractivity contribution in [2.75, 3.05) is 27.2 Å². The van der Waals surface area contributed by atoms with Crippen molar-refractivity contribution in [3.8, 4) is 0 Å². The maximum Gasteiger partial charge on any atom is 0.324 e. The minimum atomic E-state index is -0.252. The number of carbonyl (C=O) groups is 2. The van der Waals surface area contributed by atoms with Crippen LogP contribution in [0, 0.1) is 5.92 Å². The van der Waals surface area contributed by atoms with E-state index in [-0.39, 0.29) is 24.5 Å². The molecule has 0 aliphatic carbocycles. The van der Waals surface area contributed by atoms with Gasteiger partial charge in [-0.15, -0.1) is 0 Å². The Morgan fingerprint density at radius 3 is 2.38 bits per heavy atom. The number of amides is 3. The number of hydrogen-bond acceptors (Lipinski definition) is 3. The van der Waals surface area contributed by atoms with Crippen LogP contribution in [0.3, 0.4) is 0 Å². The molecule has 5 nitrogen and oxygen atoms in total. The molecule has 1 aliphatic heterocycles. The summed E-state index contributed by atoms with van der Waals surface area (Å²) in [5.74, 6) is 0.351. The molecule has 1 heterocycles. The molecule has 0 saturated carbocycles. The number of hydrogen-bond donors (Lipinski definition) is 1. The molecule has 3 amide bonds. The van der Waals surface area contributed by atoms with E-state index in [1.54, 1.807) is 0 Å². The Morgan fingerprint density at radius 2 is 2.00 bits per heavy atom. The van der Waals surface area contributed by atoms with E-state index in [0.29, 0.717) is 5.92 Å². The first kappa shape index (κ1) is 13.0. The van der Waals surface area contributed by atoms with E-state index in [2.05, 4.69) is 19.2 Å². The summed E-state index contributed by atoms with van der Waals surface area (Å²) in [6.07, 6.45) is 0.845. The molecule has 0 bridgehead atoms. The molecule has 1 N–H and O–H groups in total. The summed E-state index contributed by atoms with van der Waals surface area (Å²) >= 11 is 0. The van der Waals surface area contributed by atoms with Gasteiger partial charge in [-0.1, -0.05) is 13.8 Å². The van der Waals surface area contributed by atoms with E-state index >= 15 is 0 Å². The Balaban J connectivity index is 2.74. The van der Waals surface area contributed by atoms with Crippen LogP contribution in [-0.2, 0) is 4.79 Å².